The molecule has 2 amide bonds. The highest BCUT2D eigenvalue weighted by atomic mass is 16.5. The molecule has 7 nitrogen and oxygen atoms in total. The van der Waals surface area contributed by atoms with E-state index in [1.54, 1.807) is 0 Å². The third kappa shape index (κ3) is 5.41. The summed E-state index contributed by atoms with van der Waals surface area (Å²) in [6.07, 6.45) is 2.07. The van der Waals surface area contributed by atoms with E-state index in [-0.39, 0.29) is 24.5 Å². The molecule has 4 rings (SSSR count). The fourth-order valence-corrected chi connectivity index (χ4v) is 4.39. The average molecular weight is 464 g/mol. The van der Waals surface area contributed by atoms with Crippen molar-refractivity contribution in [3.8, 4) is 5.75 Å². The zero-order valence-electron chi connectivity index (χ0n) is 20.4. The molecule has 3 aromatic rings. The van der Waals surface area contributed by atoms with Crippen molar-refractivity contribution in [3.63, 3.8) is 0 Å². The van der Waals surface area contributed by atoms with Crippen LogP contribution in [-0.4, -0.2) is 41.0 Å². The van der Waals surface area contributed by atoms with E-state index in [0.717, 1.165) is 34.9 Å². The molecule has 1 saturated heterocycles. The fraction of sp³-hybridized carbons (Fsp3) is 0.444. The topological polar surface area (TPSA) is 84.7 Å². The summed E-state index contributed by atoms with van der Waals surface area (Å²) in [5, 5.41) is 9.14. The van der Waals surface area contributed by atoms with Crippen molar-refractivity contribution < 1.29 is 18.8 Å². The van der Waals surface area contributed by atoms with Gasteiger partial charge in [-0.3, -0.25) is 9.59 Å². The van der Waals surface area contributed by atoms with E-state index in [0.29, 0.717) is 42.5 Å². The van der Waals surface area contributed by atoms with Gasteiger partial charge in [-0.15, -0.1) is 0 Å². The number of hydrogen-bond donors (Lipinski definition) is 1. The van der Waals surface area contributed by atoms with Crippen LogP contribution in [0, 0.1) is 19.8 Å². The molecular weight excluding hydrogens is 430 g/mol. The maximum Gasteiger partial charge on any atom is 0.255 e. The molecule has 0 saturated carbocycles. The minimum atomic E-state index is -0.161. The van der Waals surface area contributed by atoms with Gasteiger partial charge < -0.3 is 19.5 Å². The van der Waals surface area contributed by atoms with Gasteiger partial charge in [-0.1, -0.05) is 43.3 Å². The third-order valence-corrected chi connectivity index (χ3v) is 6.41. The molecule has 0 aliphatic carbocycles. The van der Waals surface area contributed by atoms with Crippen molar-refractivity contribution in [2.75, 3.05) is 13.1 Å². The monoisotopic (exact) mass is 463 g/mol. The molecule has 7 heteroatoms. The lowest BCUT2D eigenvalue weighted by Crippen LogP contribution is -2.46. The number of benzene rings is 2. The number of aromatic nitrogens is 1. The number of fused-ring (bicyclic) bond motifs is 1. The number of rotatable bonds is 7. The van der Waals surface area contributed by atoms with E-state index in [9.17, 15) is 9.59 Å². The average Bonchev–Trinajstić information content (AvgIpc) is 3.14. The quantitative estimate of drug-likeness (QED) is 0.545. The molecule has 1 N–H and O–H groups in total. The van der Waals surface area contributed by atoms with Gasteiger partial charge in [0, 0.05) is 25.6 Å². The Bertz CT molecular complexity index is 1160. The molecule has 180 valence electrons. The van der Waals surface area contributed by atoms with Crippen LogP contribution in [0.3, 0.4) is 0 Å². The first-order valence-corrected chi connectivity index (χ1v) is 12.0. The highest BCUT2D eigenvalue weighted by molar-refractivity contribution is 6.01. The summed E-state index contributed by atoms with van der Waals surface area (Å²) in [5.41, 5.74) is 2.17. The number of piperidine rings is 1. The number of nitrogens with zero attached hydrogens (tertiary/aromatic N) is 2. The first kappa shape index (κ1) is 23.8. The van der Waals surface area contributed by atoms with Crippen molar-refractivity contribution in [2.45, 2.75) is 59.6 Å². The van der Waals surface area contributed by atoms with Crippen LogP contribution in [0.1, 0.15) is 60.5 Å². The largest absolute Gasteiger partial charge is 0.488 e. The number of hydrogen-bond acceptors (Lipinski definition) is 5. The van der Waals surface area contributed by atoms with Gasteiger partial charge in [-0.2, -0.15) is 0 Å². The van der Waals surface area contributed by atoms with Gasteiger partial charge in [0.25, 0.3) is 5.91 Å². The Labute approximate surface area is 200 Å². The highest BCUT2D eigenvalue weighted by Gasteiger charge is 2.25. The zero-order valence-corrected chi connectivity index (χ0v) is 20.4. The Balaban J connectivity index is 1.48. The maximum atomic E-state index is 13.3. The van der Waals surface area contributed by atoms with Crippen LogP contribution in [0.5, 0.6) is 5.75 Å². The number of amides is 2. The van der Waals surface area contributed by atoms with Gasteiger partial charge in [-0.05, 0) is 55.5 Å². The van der Waals surface area contributed by atoms with E-state index in [1.165, 1.54) is 0 Å². The smallest absolute Gasteiger partial charge is 0.255 e. The first-order valence-electron chi connectivity index (χ1n) is 12.0. The zero-order chi connectivity index (χ0) is 24.2. The van der Waals surface area contributed by atoms with Crippen molar-refractivity contribution in [2.24, 2.45) is 5.92 Å². The van der Waals surface area contributed by atoms with Crippen LogP contribution in [0.2, 0.25) is 0 Å². The lowest BCUT2D eigenvalue weighted by Gasteiger charge is -2.33. The Hall–Kier alpha value is -3.35. The molecule has 1 aliphatic heterocycles. The predicted octanol–water partition coefficient (Wildman–Crippen LogP) is 4.79. The molecule has 0 bridgehead atoms. The Morgan fingerprint density at radius 3 is 2.44 bits per heavy atom. The van der Waals surface area contributed by atoms with Crippen LogP contribution in [0.15, 0.2) is 40.9 Å². The maximum absolute atomic E-state index is 13.3. The van der Waals surface area contributed by atoms with Gasteiger partial charge in [0.15, 0.2) is 0 Å². The summed E-state index contributed by atoms with van der Waals surface area (Å²) in [7, 11) is 0. The van der Waals surface area contributed by atoms with Gasteiger partial charge in [0.05, 0.1) is 16.8 Å². The van der Waals surface area contributed by atoms with Gasteiger partial charge in [0.2, 0.25) is 5.91 Å². The minimum absolute atomic E-state index is 0.0254. The molecule has 1 aromatic heterocycles. The van der Waals surface area contributed by atoms with E-state index < -0.39 is 0 Å². The number of carbonyl (C=O) groups is 2. The van der Waals surface area contributed by atoms with Crippen LogP contribution in [0.4, 0.5) is 0 Å². The van der Waals surface area contributed by atoms with E-state index in [4.69, 9.17) is 9.26 Å². The number of likely N-dealkylation sites (tertiary alicyclic amines) is 1. The minimum Gasteiger partial charge on any atom is -0.488 e. The van der Waals surface area contributed by atoms with Crippen LogP contribution in [-0.2, 0) is 11.4 Å². The summed E-state index contributed by atoms with van der Waals surface area (Å²) in [4.78, 5) is 27.6. The van der Waals surface area contributed by atoms with Crippen molar-refractivity contribution in [1.82, 2.24) is 15.4 Å². The molecule has 2 aromatic carbocycles. The van der Waals surface area contributed by atoms with Gasteiger partial charge >= 0.3 is 0 Å². The molecule has 1 fully saturated rings. The summed E-state index contributed by atoms with van der Waals surface area (Å²) in [6, 6.07) is 11.7. The number of ether oxygens (including phenoxy) is 1. The molecule has 0 unspecified atom stereocenters. The number of carbonyl (C=O) groups excluding carboxylic acids is 2. The molecule has 2 heterocycles. The lowest BCUT2D eigenvalue weighted by molar-refractivity contribution is -0.133. The molecule has 0 spiro atoms. The second-order valence-electron chi connectivity index (χ2n) is 9.51. The standard InChI is InChI=1S/C27H33N3O4/c1-17(2)13-26(31)30-11-9-22(10-12-30)28-27(32)23-14-20-7-5-6-8-21(20)15-25(23)33-16-24-18(3)29-34-19(24)4/h5-8,14-15,17,22H,9-13,16H2,1-4H3,(H,28,32). The predicted molar refractivity (Wildman–Crippen MR) is 131 cm³/mol. The second-order valence-corrected chi connectivity index (χ2v) is 9.51. The third-order valence-electron chi connectivity index (χ3n) is 6.41. The Morgan fingerprint density at radius 1 is 1.15 bits per heavy atom. The second kappa shape index (κ2) is 10.3. The summed E-state index contributed by atoms with van der Waals surface area (Å²) < 4.78 is 11.4. The van der Waals surface area contributed by atoms with Crippen LogP contribution >= 0.6 is 0 Å². The van der Waals surface area contributed by atoms with Gasteiger partial charge in [-0.25, -0.2) is 0 Å². The molecule has 1 aliphatic rings. The van der Waals surface area contributed by atoms with Crippen molar-refractivity contribution in [3.05, 3.63) is 59.0 Å². The van der Waals surface area contributed by atoms with Gasteiger partial charge in [0.1, 0.15) is 18.1 Å². The van der Waals surface area contributed by atoms with E-state index in [1.807, 2.05) is 55.1 Å². The Morgan fingerprint density at radius 2 is 1.82 bits per heavy atom. The summed E-state index contributed by atoms with van der Waals surface area (Å²) in [6.45, 7) is 9.45. The van der Waals surface area contributed by atoms with Crippen molar-refractivity contribution >= 4 is 22.6 Å². The fourth-order valence-electron chi connectivity index (χ4n) is 4.39. The van der Waals surface area contributed by atoms with Crippen molar-refractivity contribution in [1.29, 1.82) is 0 Å². The van der Waals surface area contributed by atoms with Crippen LogP contribution in [0.25, 0.3) is 10.8 Å². The molecule has 34 heavy (non-hydrogen) atoms. The van der Waals surface area contributed by atoms with E-state index in [2.05, 4.69) is 24.3 Å². The summed E-state index contributed by atoms with van der Waals surface area (Å²) in [5.74, 6) is 1.63. The lowest BCUT2D eigenvalue weighted by atomic mass is 10.0. The Kier molecular flexibility index (Phi) is 7.20. The SMILES string of the molecule is Cc1noc(C)c1COc1cc2ccccc2cc1C(=O)NC1CCN(C(=O)CC(C)C)CC1. The highest BCUT2D eigenvalue weighted by Crippen LogP contribution is 2.28. The van der Waals surface area contributed by atoms with Crippen LogP contribution < -0.4 is 10.1 Å². The number of nitrogens with one attached hydrogen (secondary N) is 1. The summed E-state index contributed by atoms with van der Waals surface area (Å²) >= 11 is 0. The molecule has 0 radical (unpaired) electrons. The first-order chi connectivity index (χ1) is 16.3. The number of aryl methyl sites for hydroxylation is 2. The molecule has 0 atom stereocenters. The molecular formula is C27H33N3O4. The normalized spacial score (nSPS) is 14.6. The van der Waals surface area contributed by atoms with E-state index >= 15 is 0 Å².